The van der Waals surface area contributed by atoms with Crippen LogP contribution in [0.1, 0.15) is 50.5 Å². The number of unbranched alkanes of at least 4 members (excludes halogenated alkanes) is 1. The Morgan fingerprint density at radius 3 is 3.00 bits per heavy atom. The Bertz CT molecular complexity index is 683. The van der Waals surface area contributed by atoms with Gasteiger partial charge in [-0.3, -0.25) is 9.59 Å². The first-order valence-electron chi connectivity index (χ1n) is 9.40. The number of furan rings is 1. The van der Waals surface area contributed by atoms with E-state index in [9.17, 15) is 14.7 Å². The van der Waals surface area contributed by atoms with Crippen molar-refractivity contribution in [1.82, 2.24) is 4.90 Å². The van der Waals surface area contributed by atoms with Crippen LogP contribution < -0.4 is 0 Å². The Labute approximate surface area is 159 Å². The molecule has 6 heteroatoms. The second-order valence-corrected chi connectivity index (χ2v) is 6.72. The number of carboxylic acid groups (broad SMARTS) is 1. The summed E-state index contributed by atoms with van der Waals surface area (Å²) in [6.45, 7) is 0.332. The van der Waals surface area contributed by atoms with Gasteiger partial charge in [0.15, 0.2) is 0 Å². The third kappa shape index (κ3) is 7.71. The zero-order chi connectivity index (χ0) is 19.5. The Morgan fingerprint density at radius 2 is 2.26 bits per heavy atom. The van der Waals surface area contributed by atoms with Gasteiger partial charge in [0.05, 0.1) is 31.2 Å². The SMILES string of the molecule is O=C(O)CCCC#CCN1C(=O)CCCC[C@@H]1/C=C/C(O)Cc1ccoc1. The molecular weight excluding hydrogens is 346 g/mol. The molecule has 0 radical (unpaired) electrons. The molecule has 1 saturated heterocycles. The molecule has 27 heavy (non-hydrogen) atoms. The summed E-state index contributed by atoms with van der Waals surface area (Å²) in [7, 11) is 0. The van der Waals surface area contributed by atoms with Crippen molar-refractivity contribution in [2.24, 2.45) is 0 Å². The van der Waals surface area contributed by atoms with Crippen LogP contribution >= 0.6 is 0 Å². The van der Waals surface area contributed by atoms with Gasteiger partial charge in [-0.05, 0) is 30.9 Å². The van der Waals surface area contributed by atoms with E-state index in [1.807, 2.05) is 12.1 Å². The molecule has 0 aromatic carbocycles. The van der Waals surface area contributed by atoms with Crippen LogP contribution in [-0.2, 0) is 16.0 Å². The van der Waals surface area contributed by atoms with E-state index >= 15 is 0 Å². The fourth-order valence-electron chi connectivity index (χ4n) is 3.05. The minimum absolute atomic E-state index is 0.0753. The molecule has 1 aliphatic heterocycles. The molecule has 2 N–H and O–H groups in total. The summed E-state index contributed by atoms with van der Waals surface area (Å²) in [6.07, 6.45) is 11.0. The van der Waals surface area contributed by atoms with E-state index in [-0.39, 0.29) is 18.4 Å². The standard InChI is InChI=1S/C21H27NO5/c23-19(15-17-12-14-27-16-17)11-10-18-7-4-5-8-20(24)22(18)13-6-2-1-3-9-21(25)26/h10-12,14,16,18-19,23H,1,3-5,7-9,13,15H2,(H,25,26)/b11-10+/t18-,19?/m1/s1. The van der Waals surface area contributed by atoms with Crippen LogP contribution in [0.15, 0.2) is 35.2 Å². The van der Waals surface area contributed by atoms with Crippen molar-refractivity contribution in [1.29, 1.82) is 0 Å². The van der Waals surface area contributed by atoms with Crippen LogP contribution in [0.5, 0.6) is 0 Å². The number of carbonyl (C=O) groups excluding carboxylic acids is 1. The fraction of sp³-hybridized carbons (Fsp3) is 0.524. The van der Waals surface area contributed by atoms with E-state index in [1.54, 1.807) is 23.5 Å². The molecule has 1 aliphatic rings. The van der Waals surface area contributed by atoms with Gasteiger partial charge < -0.3 is 19.5 Å². The summed E-state index contributed by atoms with van der Waals surface area (Å²) in [5, 5.41) is 18.8. The van der Waals surface area contributed by atoms with Gasteiger partial charge in [-0.25, -0.2) is 0 Å². The average Bonchev–Trinajstić information content (AvgIpc) is 3.07. The number of aliphatic carboxylic acids is 1. The summed E-state index contributed by atoms with van der Waals surface area (Å²) < 4.78 is 5.01. The highest BCUT2D eigenvalue weighted by atomic mass is 16.4. The number of carbonyl (C=O) groups is 2. The maximum atomic E-state index is 12.4. The third-order valence-corrected chi connectivity index (χ3v) is 4.51. The van der Waals surface area contributed by atoms with Gasteiger partial charge in [0.2, 0.25) is 5.91 Å². The normalized spacial score (nSPS) is 18.8. The summed E-state index contributed by atoms with van der Waals surface area (Å²) in [4.78, 5) is 24.7. The largest absolute Gasteiger partial charge is 0.481 e. The zero-order valence-corrected chi connectivity index (χ0v) is 15.5. The van der Waals surface area contributed by atoms with Crippen LogP contribution in [0.25, 0.3) is 0 Å². The summed E-state index contributed by atoms with van der Waals surface area (Å²) in [5.41, 5.74) is 0.924. The third-order valence-electron chi connectivity index (χ3n) is 4.51. The van der Waals surface area contributed by atoms with E-state index in [0.717, 1.165) is 24.8 Å². The van der Waals surface area contributed by atoms with Gasteiger partial charge >= 0.3 is 5.97 Å². The molecule has 2 heterocycles. The lowest BCUT2D eigenvalue weighted by atomic mass is 10.1. The Morgan fingerprint density at radius 1 is 1.41 bits per heavy atom. The van der Waals surface area contributed by atoms with Gasteiger partial charge in [0.25, 0.3) is 0 Å². The number of amides is 1. The van der Waals surface area contributed by atoms with Crippen LogP contribution in [0.4, 0.5) is 0 Å². The van der Waals surface area contributed by atoms with E-state index in [2.05, 4.69) is 11.8 Å². The first kappa shape index (κ1) is 20.8. The number of hydrogen-bond donors (Lipinski definition) is 2. The first-order valence-corrected chi connectivity index (χ1v) is 9.40. The van der Waals surface area contributed by atoms with Crippen molar-refractivity contribution in [3.8, 4) is 11.8 Å². The smallest absolute Gasteiger partial charge is 0.303 e. The highest BCUT2D eigenvalue weighted by molar-refractivity contribution is 5.77. The molecule has 0 aliphatic carbocycles. The minimum atomic E-state index is -0.821. The molecule has 2 atom stereocenters. The van der Waals surface area contributed by atoms with Crippen molar-refractivity contribution in [3.63, 3.8) is 0 Å². The highest BCUT2D eigenvalue weighted by Gasteiger charge is 2.23. The second-order valence-electron chi connectivity index (χ2n) is 6.72. The molecule has 0 bridgehead atoms. The molecule has 1 fully saturated rings. The lowest BCUT2D eigenvalue weighted by molar-refractivity contribution is -0.137. The van der Waals surface area contributed by atoms with E-state index in [0.29, 0.717) is 32.2 Å². The second kappa shape index (κ2) is 11.2. The van der Waals surface area contributed by atoms with Gasteiger partial charge in [0, 0.05) is 25.7 Å². The van der Waals surface area contributed by atoms with Crippen molar-refractivity contribution >= 4 is 11.9 Å². The number of rotatable bonds is 8. The Balaban J connectivity index is 1.92. The van der Waals surface area contributed by atoms with E-state index in [1.165, 1.54) is 0 Å². The van der Waals surface area contributed by atoms with Crippen molar-refractivity contribution in [3.05, 3.63) is 36.3 Å². The number of hydrogen-bond acceptors (Lipinski definition) is 4. The summed E-state index contributed by atoms with van der Waals surface area (Å²) in [6, 6.07) is 1.74. The number of likely N-dealkylation sites (tertiary alicyclic amines) is 1. The Kier molecular flexibility index (Phi) is 8.66. The summed E-state index contributed by atoms with van der Waals surface area (Å²) >= 11 is 0. The number of aliphatic hydroxyl groups is 1. The highest BCUT2D eigenvalue weighted by Crippen LogP contribution is 2.19. The predicted octanol–water partition coefficient (Wildman–Crippen LogP) is 2.77. The predicted molar refractivity (Wildman–Crippen MR) is 101 cm³/mol. The van der Waals surface area contributed by atoms with Crippen LogP contribution in [0.3, 0.4) is 0 Å². The minimum Gasteiger partial charge on any atom is -0.481 e. The maximum Gasteiger partial charge on any atom is 0.303 e. The molecule has 1 unspecified atom stereocenters. The molecule has 146 valence electrons. The maximum absolute atomic E-state index is 12.4. The fourth-order valence-corrected chi connectivity index (χ4v) is 3.05. The summed E-state index contributed by atoms with van der Waals surface area (Å²) in [5.74, 6) is 5.20. The van der Waals surface area contributed by atoms with E-state index < -0.39 is 12.1 Å². The van der Waals surface area contributed by atoms with Crippen molar-refractivity contribution in [2.75, 3.05) is 6.54 Å². The molecule has 2 rings (SSSR count). The van der Waals surface area contributed by atoms with Gasteiger partial charge in [-0.15, -0.1) is 5.92 Å². The number of carboxylic acids is 1. The van der Waals surface area contributed by atoms with Crippen molar-refractivity contribution in [2.45, 2.75) is 63.5 Å². The van der Waals surface area contributed by atoms with Crippen LogP contribution in [0.2, 0.25) is 0 Å². The van der Waals surface area contributed by atoms with Crippen LogP contribution in [0, 0.1) is 11.8 Å². The quantitative estimate of drug-likeness (QED) is 0.415. The Hall–Kier alpha value is -2.52. The molecule has 1 aromatic rings. The first-order chi connectivity index (χ1) is 13.1. The molecule has 6 nitrogen and oxygen atoms in total. The molecule has 1 aromatic heterocycles. The molecule has 0 spiro atoms. The van der Waals surface area contributed by atoms with Gasteiger partial charge in [-0.2, -0.15) is 0 Å². The topological polar surface area (TPSA) is 91.0 Å². The average molecular weight is 373 g/mol. The lowest BCUT2D eigenvalue weighted by Crippen LogP contribution is -2.38. The molecule has 0 saturated carbocycles. The molecular formula is C21H27NO5. The monoisotopic (exact) mass is 373 g/mol. The number of aliphatic hydroxyl groups excluding tert-OH is 1. The van der Waals surface area contributed by atoms with E-state index in [4.69, 9.17) is 9.52 Å². The number of nitrogens with zero attached hydrogens (tertiary/aromatic N) is 1. The molecule has 1 amide bonds. The van der Waals surface area contributed by atoms with Gasteiger partial charge in [0.1, 0.15) is 0 Å². The zero-order valence-electron chi connectivity index (χ0n) is 15.5. The van der Waals surface area contributed by atoms with Crippen molar-refractivity contribution < 1.29 is 24.2 Å². The van der Waals surface area contributed by atoms with Gasteiger partial charge in [-0.1, -0.05) is 24.5 Å². The van der Waals surface area contributed by atoms with Crippen LogP contribution in [-0.4, -0.2) is 45.7 Å². The lowest BCUT2D eigenvalue weighted by Gasteiger charge is -2.26.